The molecule has 0 radical (unpaired) electrons. The van der Waals surface area contributed by atoms with E-state index < -0.39 is 0 Å². The van der Waals surface area contributed by atoms with Crippen LogP contribution in [0.1, 0.15) is 38.5 Å². The first-order valence-corrected chi connectivity index (χ1v) is 5.74. The van der Waals surface area contributed by atoms with E-state index in [0.29, 0.717) is 12.5 Å². The number of nitrogens with one attached hydrogen (secondary N) is 1. The Morgan fingerprint density at radius 2 is 1.85 bits per heavy atom. The van der Waals surface area contributed by atoms with Gasteiger partial charge in [0.25, 0.3) is 0 Å². The normalized spacial score (nSPS) is 26.5. The lowest BCUT2D eigenvalue weighted by molar-refractivity contribution is 0.173. The Morgan fingerprint density at radius 1 is 1.15 bits per heavy atom. The number of aliphatic hydroxyl groups excluding tert-OH is 1. The minimum Gasteiger partial charge on any atom is -0.396 e. The molecule has 1 atom stereocenters. The first-order chi connectivity index (χ1) is 6.40. The molecule has 0 aromatic rings. The van der Waals surface area contributed by atoms with Crippen LogP contribution in [0.25, 0.3) is 0 Å². The lowest BCUT2D eigenvalue weighted by atomic mass is 9.91. The highest BCUT2D eigenvalue weighted by Gasteiger charge is 2.27. The van der Waals surface area contributed by atoms with Gasteiger partial charge in [-0.05, 0) is 24.7 Å². The predicted octanol–water partition coefficient (Wildman–Crippen LogP) is 1.54. The molecular weight excluding hydrogens is 162 g/mol. The van der Waals surface area contributed by atoms with E-state index in [9.17, 15) is 5.11 Å². The monoisotopic (exact) mass is 183 g/mol. The number of hydrogen-bond acceptors (Lipinski definition) is 2. The van der Waals surface area contributed by atoms with E-state index in [2.05, 4.69) is 5.32 Å². The third-order valence-corrected chi connectivity index (χ3v) is 3.55. The van der Waals surface area contributed by atoms with Crippen molar-refractivity contribution in [3.05, 3.63) is 0 Å². The lowest BCUT2D eigenvalue weighted by Crippen LogP contribution is -2.31. The molecule has 2 aliphatic carbocycles. The Labute approximate surface area is 80.7 Å². The van der Waals surface area contributed by atoms with Crippen LogP contribution >= 0.6 is 0 Å². The van der Waals surface area contributed by atoms with Crippen molar-refractivity contribution >= 4 is 0 Å². The molecule has 0 aromatic carbocycles. The van der Waals surface area contributed by atoms with Crippen LogP contribution in [0.3, 0.4) is 0 Å². The van der Waals surface area contributed by atoms with Gasteiger partial charge in [-0.1, -0.05) is 25.7 Å². The summed E-state index contributed by atoms with van der Waals surface area (Å²) in [6.07, 6.45) is 8.15. The quantitative estimate of drug-likeness (QED) is 0.677. The Morgan fingerprint density at radius 3 is 2.38 bits per heavy atom. The summed E-state index contributed by atoms with van der Waals surface area (Å²) in [6, 6.07) is 0.787. The van der Waals surface area contributed by atoms with Crippen LogP contribution in [-0.2, 0) is 0 Å². The second-order valence-corrected chi connectivity index (χ2v) is 4.67. The van der Waals surface area contributed by atoms with E-state index in [1.165, 1.54) is 38.5 Å². The highest BCUT2D eigenvalue weighted by atomic mass is 16.3. The maximum absolute atomic E-state index is 9.28. The van der Waals surface area contributed by atoms with Crippen molar-refractivity contribution in [1.82, 2.24) is 5.32 Å². The minimum atomic E-state index is 0.379. The summed E-state index contributed by atoms with van der Waals surface area (Å²) in [5.74, 6) is 1.33. The van der Waals surface area contributed by atoms with Crippen molar-refractivity contribution in [3.63, 3.8) is 0 Å². The standard InChI is InChI=1S/C11H21NO/c13-8-10(7-12-11-5-6-11)9-3-1-2-4-9/h9-13H,1-8H2. The zero-order chi connectivity index (χ0) is 9.10. The largest absolute Gasteiger partial charge is 0.396 e. The van der Waals surface area contributed by atoms with Gasteiger partial charge in [-0.2, -0.15) is 0 Å². The molecule has 2 N–H and O–H groups in total. The SMILES string of the molecule is OCC(CNC1CC1)C1CCCC1. The van der Waals surface area contributed by atoms with Crippen LogP contribution in [0.4, 0.5) is 0 Å². The van der Waals surface area contributed by atoms with Crippen LogP contribution in [0, 0.1) is 11.8 Å². The second kappa shape index (κ2) is 4.43. The van der Waals surface area contributed by atoms with E-state index in [0.717, 1.165) is 18.5 Å². The van der Waals surface area contributed by atoms with E-state index in [-0.39, 0.29) is 0 Å². The molecule has 0 saturated heterocycles. The van der Waals surface area contributed by atoms with Gasteiger partial charge in [-0.15, -0.1) is 0 Å². The van der Waals surface area contributed by atoms with Crippen LogP contribution in [-0.4, -0.2) is 24.3 Å². The van der Waals surface area contributed by atoms with Crippen LogP contribution < -0.4 is 5.32 Å². The van der Waals surface area contributed by atoms with Gasteiger partial charge < -0.3 is 10.4 Å². The molecule has 2 fully saturated rings. The molecule has 0 spiro atoms. The summed E-state index contributed by atoms with van der Waals surface area (Å²) in [5, 5.41) is 12.8. The lowest BCUT2D eigenvalue weighted by Gasteiger charge is -2.21. The Bertz CT molecular complexity index is 150. The van der Waals surface area contributed by atoms with Crippen molar-refractivity contribution in [2.45, 2.75) is 44.6 Å². The summed E-state index contributed by atoms with van der Waals surface area (Å²) in [6.45, 7) is 1.43. The van der Waals surface area contributed by atoms with Gasteiger partial charge in [-0.25, -0.2) is 0 Å². The summed E-state index contributed by atoms with van der Waals surface area (Å²) >= 11 is 0. The Balaban J connectivity index is 1.70. The van der Waals surface area contributed by atoms with Gasteiger partial charge in [0.2, 0.25) is 0 Å². The average molecular weight is 183 g/mol. The van der Waals surface area contributed by atoms with Crippen molar-refractivity contribution in [1.29, 1.82) is 0 Å². The van der Waals surface area contributed by atoms with Crippen LogP contribution in [0.15, 0.2) is 0 Å². The molecular formula is C11H21NO. The van der Waals surface area contributed by atoms with Crippen molar-refractivity contribution in [3.8, 4) is 0 Å². The zero-order valence-electron chi connectivity index (χ0n) is 8.34. The van der Waals surface area contributed by atoms with Crippen molar-refractivity contribution in [2.75, 3.05) is 13.2 Å². The smallest absolute Gasteiger partial charge is 0.0474 e. The van der Waals surface area contributed by atoms with Crippen molar-refractivity contribution < 1.29 is 5.11 Å². The number of rotatable bonds is 5. The van der Waals surface area contributed by atoms with Crippen LogP contribution in [0.5, 0.6) is 0 Å². The molecule has 0 heterocycles. The summed E-state index contributed by atoms with van der Waals surface area (Å²) in [4.78, 5) is 0. The minimum absolute atomic E-state index is 0.379. The molecule has 2 nitrogen and oxygen atoms in total. The molecule has 0 aliphatic heterocycles. The van der Waals surface area contributed by atoms with E-state index in [1.54, 1.807) is 0 Å². The molecule has 0 bridgehead atoms. The first-order valence-electron chi connectivity index (χ1n) is 5.74. The number of aliphatic hydroxyl groups is 1. The van der Waals surface area contributed by atoms with Gasteiger partial charge >= 0.3 is 0 Å². The fourth-order valence-electron chi connectivity index (χ4n) is 2.41. The number of hydrogen-bond donors (Lipinski definition) is 2. The molecule has 13 heavy (non-hydrogen) atoms. The van der Waals surface area contributed by atoms with E-state index in [4.69, 9.17) is 0 Å². The third-order valence-electron chi connectivity index (χ3n) is 3.55. The van der Waals surface area contributed by atoms with Gasteiger partial charge in [0.15, 0.2) is 0 Å². The molecule has 76 valence electrons. The topological polar surface area (TPSA) is 32.3 Å². The molecule has 2 heteroatoms. The van der Waals surface area contributed by atoms with Gasteiger partial charge in [0.05, 0.1) is 0 Å². The molecule has 2 aliphatic rings. The third kappa shape index (κ3) is 2.68. The van der Waals surface area contributed by atoms with Gasteiger partial charge in [0.1, 0.15) is 0 Å². The van der Waals surface area contributed by atoms with Crippen LogP contribution in [0.2, 0.25) is 0 Å². The molecule has 1 unspecified atom stereocenters. The Hall–Kier alpha value is -0.0800. The summed E-state index contributed by atoms with van der Waals surface area (Å²) in [5.41, 5.74) is 0. The van der Waals surface area contributed by atoms with E-state index in [1.807, 2.05) is 0 Å². The van der Waals surface area contributed by atoms with Crippen molar-refractivity contribution in [2.24, 2.45) is 11.8 Å². The fourth-order valence-corrected chi connectivity index (χ4v) is 2.41. The Kier molecular flexibility index (Phi) is 3.23. The molecule has 0 amide bonds. The highest BCUT2D eigenvalue weighted by molar-refractivity contribution is 4.84. The second-order valence-electron chi connectivity index (χ2n) is 4.67. The fraction of sp³-hybridized carbons (Fsp3) is 1.00. The first kappa shape index (κ1) is 9.47. The molecule has 0 aromatic heterocycles. The molecule has 2 saturated carbocycles. The highest BCUT2D eigenvalue weighted by Crippen LogP contribution is 2.31. The zero-order valence-corrected chi connectivity index (χ0v) is 8.34. The predicted molar refractivity (Wildman–Crippen MR) is 53.6 cm³/mol. The summed E-state index contributed by atoms with van der Waals surface area (Å²) in [7, 11) is 0. The van der Waals surface area contributed by atoms with E-state index >= 15 is 0 Å². The average Bonchev–Trinajstić information content (AvgIpc) is 2.81. The summed E-state index contributed by atoms with van der Waals surface area (Å²) < 4.78 is 0. The molecule has 2 rings (SSSR count). The van der Waals surface area contributed by atoms with Gasteiger partial charge in [-0.3, -0.25) is 0 Å². The van der Waals surface area contributed by atoms with Gasteiger partial charge in [0, 0.05) is 19.2 Å². The maximum atomic E-state index is 9.28. The maximum Gasteiger partial charge on any atom is 0.0474 e.